The maximum absolute atomic E-state index is 13.2. The van der Waals surface area contributed by atoms with E-state index < -0.39 is 15.8 Å². The summed E-state index contributed by atoms with van der Waals surface area (Å²) >= 11 is 0. The quantitative estimate of drug-likeness (QED) is 0.809. The van der Waals surface area contributed by atoms with Crippen molar-refractivity contribution in [2.75, 3.05) is 18.9 Å². The molecule has 0 bridgehead atoms. The first-order chi connectivity index (χ1) is 8.01. The number of benzene rings is 1. The lowest BCUT2D eigenvalue weighted by Gasteiger charge is -2.25. The van der Waals surface area contributed by atoms with Crippen LogP contribution in [0.5, 0.6) is 0 Å². The summed E-state index contributed by atoms with van der Waals surface area (Å²) in [5, 5.41) is 0. The van der Waals surface area contributed by atoms with Gasteiger partial charge in [0.05, 0.1) is 17.2 Å². The Balaban J connectivity index is 2.33. The van der Waals surface area contributed by atoms with Crippen molar-refractivity contribution in [1.29, 1.82) is 0 Å². The first kappa shape index (κ1) is 12.3. The molecule has 1 fully saturated rings. The lowest BCUT2D eigenvalue weighted by atomic mass is 10.3. The topological polar surface area (TPSA) is 72.6 Å². The summed E-state index contributed by atoms with van der Waals surface area (Å²) in [6.45, 7) is 0.644. The van der Waals surface area contributed by atoms with Gasteiger partial charge in [-0.05, 0) is 31.0 Å². The maximum Gasteiger partial charge on any atom is 0.265 e. The van der Waals surface area contributed by atoms with Crippen LogP contribution in [0, 0.1) is 5.82 Å². The molecule has 2 rings (SSSR count). The number of halogens is 1. The first-order valence-electron chi connectivity index (χ1n) is 5.22. The van der Waals surface area contributed by atoms with E-state index in [1.807, 2.05) is 0 Å². The highest BCUT2D eigenvalue weighted by atomic mass is 32.2. The molecule has 1 saturated heterocycles. The Labute approximate surface area is 99.0 Å². The van der Waals surface area contributed by atoms with Gasteiger partial charge in [0, 0.05) is 6.54 Å². The van der Waals surface area contributed by atoms with Crippen LogP contribution in [0.4, 0.5) is 10.1 Å². The lowest BCUT2D eigenvalue weighted by molar-refractivity contribution is -0.108. The first-order valence-corrected chi connectivity index (χ1v) is 6.66. The highest BCUT2D eigenvalue weighted by molar-refractivity contribution is 7.89. The summed E-state index contributed by atoms with van der Waals surface area (Å²) in [5.41, 5.74) is 5.22. The number of rotatable bonds is 2. The smallest absolute Gasteiger partial charge is 0.265 e. The van der Waals surface area contributed by atoms with Gasteiger partial charge in [-0.25, -0.2) is 12.8 Å². The van der Waals surface area contributed by atoms with Crippen molar-refractivity contribution in [1.82, 2.24) is 4.47 Å². The van der Waals surface area contributed by atoms with Gasteiger partial charge in [0.25, 0.3) is 10.0 Å². The molecule has 1 heterocycles. The van der Waals surface area contributed by atoms with E-state index in [1.165, 1.54) is 12.1 Å². The average Bonchev–Trinajstić information content (AvgIpc) is 2.33. The summed E-state index contributed by atoms with van der Waals surface area (Å²) < 4.78 is 38.2. The normalized spacial score (nSPS) is 18.2. The second-order valence-electron chi connectivity index (χ2n) is 3.76. The molecule has 1 aliphatic rings. The van der Waals surface area contributed by atoms with E-state index in [-0.39, 0.29) is 17.1 Å². The average molecular weight is 260 g/mol. The van der Waals surface area contributed by atoms with E-state index >= 15 is 0 Å². The van der Waals surface area contributed by atoms with Crippen molar-refractivity contribution < 1.29 is 17.6 Å². The van der Waals surface area contributed by atoms with Gasteiger partial charge >= 0.3 is 0 Å². The van der Waals surface area contributed by atoms with Gasteiger partial charge in [0.15, 0.2) is 0 Å². The zero-order valence-electron chi connectivity index (χ0n) is 9.10. The predicted octanol–water partition coefficient (Wildman–Crippen LogP) is 1.12. The van der Waals surface area contributed by atoms with Crippen LogP contribution in [0.15, 0.2) is 23.1 Å². The number of hydrogen-bond acceptors (Lipinski definition) is 4. The van der Waals surface area contributed by atoms with Crippen molar-refractivity contribution >= 4 is 15.7 Å². The molecule has 0 amide bonds. The highest BCUT2D eigenvalue weighted by Gasteiger charge is 2.27. The van der Waals surface area contributed by atoms with E-state index in [0.29, 0.717) is 6.61 Å². The van der Waals surface area contributed by atoms with Crippen LogP contribution in [0.2, 0.25) is 0 Å². The van der Waals surface area contributed by atoms with Gasteiger partial charge in [-0.3, -0.25) is 4.84 Å². The minimum Gasteiger partial charge on any atom is -0.396 e. The minimum absolute atomic E-state index is 0.0801. The van der Waals surface area contributed by atoms with Crippen LogP contribution >= 0.6 is 0 Å². The molecule has 0 aromatic heterocycles. The van der Waals surface area contributed by atoms with Crippen molar-refractivity contribution in [2.45, 2.75) is 17.7 Å². The van der Waals surface area contributed by atoms with Gasteiger partial charge < -0.3 is 5.73 Å². The molecule has 7 heteroatoms. The number of nitrogen functional groups attached to an aromatic ring is 1. The molecule has 1 aromatic rings. The number of nitrogens with zero attached hydrogens (tertiary/aromatic N) is 1. The van der Waals surface area contributed by atoms with Crippen LogP contribution in [0.3, 0.4) is 0 Å². The number of nitrogens with two attached hydrogens (primary N) is 1. The summed E-state index contributed by atoms with van der Waals surface area (Å²) in [7, 11) is -3.79. The maximum atomic E-state index is 13.2. The molecule has 1 aliphatic heterocycles. The third kappa shape index (κ3) is 2.41. The fraction of sp³-hybridized carbons (Fsp3) is 0.400. The molecular weight excluding hydrogens is 247 g/mol. The Hall–Kier alpha value is -1.18. The molecule has 94 valence electrons. The molecule has 0 unspecified atom stereocenters. The van der Waals surface area contributed by atoms with E-state index in [9.17, 15) is 12.8 Å². The molecular formula is C10H13FN2O3S. The van der Waals surface area contributed by atoms with E-state index in [0.717, 1.165) is 23.4 Å². The third-order valence-electron chi connectivity index (χ3n) is 2.51. The summed E-state index contributed by atoms with van der Waals surface area (Å²) in [6, 6.07) is 3.40. The molecule has 0 saturated carbocycles. The predicted molar refractivity (Wildman–Crippen MR) is 59.9 cm³/mol. The van der Waals surface area contributed by atoms with Gasteiger partial charge in [-0.15, -0.1) is 0 Å². The summed E-state index contributed by atoms with van der Waals surface area (Å²) in [6.07, 6.45) is 1.55. The van der Waals surface area contributed by atoms with E-state index in [4.69, 9.17) is 10.6 Å². The van der Waals surface area contributed by atoms with Crippen molar-refractivity contribution in [3.05, 3.63) is 24.0 Å². The van der Waals surface area contributed by atoms with Gasteiger partial charge in [-0.1, -0.05) is 4.47 Å². The van der Waals surface area contributed by atoms with Crippen LogP contribution in [0.1, 0.15) is 12.8 Å². The van der Waals surface area contributed by atoms with Gasteiger partial charge in [0.2, 0.25) is 0 Å². The number of hydrogen-bond donors (Lipinski definition) is 1. The second-order valence-corrected chi connectivity index (χ2v) is 5.58. The van der Waals surface area contributed by atoms with Crippen LogP contribution in [-0.2, 0) is 14.9 Å². The van der Waals surface area contributed by atoms with Crippen molar-refractivity contribution in [2.24, 2.45) is 0 Å². The summed E-state index contributed by atoms with van der Waals surface area (Å²) in [5.74, 6) is -0.747. The van der Waals surface area contributed by atoms with Crippen molar-refractivity contribution in [3.8, 4) is 0 Å². The SMILES string of the molecule is Nc1ccc(S(=O)(=O)N2CCCCO2)cc1F. The number of anilines is 1. The number of hydroxylamine groups is 1. The number of sulfonamides is 1. The second kappa shape index (κ2) is 4.59. The Morgan fingerprint density at radius 1 is 1.35 bits per heavy atom. The monoisotopic (exact) mass is 260 g/mol. The standard InChI is InChI=1S/C10H13FN2O3S/c11-9-7-8(3-4-10(9)12)17(14,15)13-5-1-2-6-16-13/h3-4,7H,1-2,5-6,12H2. The van der Waals surface area contributed by atoms with Gasteiger partial charge in [-0.2, -0.15) is 0 Å². The van der Waals surface area contributed by atoms with Gasteiger partial charge in [0.1, 0.15) is 5.82 Å². The van der Waals surface area contributed by atoms with Crippen LogP contribution < -0.4 is 5.73 Å². The Morgan fingerprint density at radius 3 is 2.71 bits per heavy atom. The molecule has 2 N–H and O–H groups in total. The van der Waals surface area contributed by atoms with Crippen LogP contribution in [0.25, 0.3) is 0 Å². The fourth-order valence-electron chi connectivity index (χ4n) is 1.55. The minimum atomic E-state index is -3.79. The third-order valence-corrected chi connectivity index (χ3v) is 4.18. The molecule has 0 atom stereocenters. The molecule has 0 radical (unpaired) electrons. The Kier molecular flexibility index (Phi) is 3.32. The van der Waals surface area contributed by atoms with E-state index in [1.54, 1.807) is 0 Å². The molecule has 5 nitrogen and oxygen atoms in total. The molecule has 0 spiro atoms. The Bertz CT molecular complexity index is 512. The summed E-state index contributed by atoms with van der Waals surface area (Å²) in [4.78, 5) is 4.91. The van der Waals surface area contributed by atoms with Crippen molar-refractivity contribution in [3.63, 3.8) is 0 Å². The van der Waals surface area contributed by atoms with E-state index in [2.05, 4.69) is 0 Å². The zero-order chi connectivity index (χ0) is 12.5. The lowest BCUT2D eigenvalue weighted by Crippen LogP contribution is -2.35. The fourth-order valence-corrected chi connectivity index (χ4v) is 2.86. The molecule has 0 aliphatic carbocycles. The Morgan fingerprint density at radius 2 is 2.12 bits per heavy atom. The van der Waals surface area contributed by atoms with Crippen LogP contribution in [-0.4, -0.2) is 26.0 Å². The molecule has 17 heavy (non-hydrogen) atoms. The highest BCUT2D eigenvalue weighted by Crippen LogP contribution is 2.22. The zero-order valence-corrected chi connectivity index (χ0v) is 9.91. The largest absolute Gasteiger partial charge is 0.396 e. The molecule has 1 aromatic carbocycles.